The first-order chi connectivity index (χ1) is 9.69. The van der Waals surface area contributed by atoms with Gasteiger partial charge in [0.15, 0.2) is 0 Å². The summed E-state index contributed by atoms with van der Waals surface area (Å²) in [7, 11) is 1.66. The lowest BCUT2D eigenvalue weighted by Crippen LogP contribution is -2.23. The summed E-state index contributed by atoms with van der Waals surface area (Å²) >= 11 is 1.84. The highest BCUT2D eigenvalue weighted by Gasteiger charge is 2.06. The van der Waals surface area contributed by atoms with Gasteiger partial charge in [0.2, 0.25) is 0 Å². The second-order valence-corrected chi connectivity index (χ2v) is 5.97. The maximum atomic E-state index is 5.68. The van der Waals surface area contributed by atoms with E-state index in [0.29, 0.717) is 12.6 Å². The average Bonchev–Trinajstić information content (AvgIpc) is 2.91. The van der Waals surface area contributed by atoms with Crippen LogP contribution in [0.4, 0.5) is 0 Å². The van der Waals surface area contributed by atoms with Gasteiger partial charge < -0.3 is 14.8 Å². The fourth-order valence-electron chi connectivity index (χ4n) is 1.90. The molecule has 0 radical (unpaired) electrons. The van der Waals surface area contributed by atoms with E-state index in [1.807, 2.05) is 35.6 Å². The molecule has 0 amide bonds. The molecular formula is C16H21NO2S. The number of thiophene rings is 1. The van der Waals surface area contributed by atoms with Crippen LogP contribution < -0.4 is 14.8 Å². The van der Waals surface area contributed by atoms with Crippen LogP contribution in [0.1, 0.15) is 22.7 Å². The largest absolute Gasteiger partial charge is 0.497 e. The van der Waals surface area contributed by atoms with Crippen molar-refractivity contribution in [1.82, 2.24) is 5.32 Å². The Hall–Kier alpha value is -1.52. The van der Waals surface area contributed by atoms with Crippen LogP contribution in [0.15, 0.2) is 36.4 Å². The van der Waals surface area contributed by atoms with Crippen molar-refractivity contribution in [2.45, 2.75) is 19.9 Å². The summed E-state index contributed by atoms with van der Waals surface area (Å²) in [6.07, 6.45) is 0. The molecule has 1 aromatic carbocycles. The minimum atomic E-state index is 0.369. The summed E-state index contributed by atoms with van der Waals surface area (Å²) in [5, 5.41) is 3.47. The fraction of sp³-hybridized carbons (Fsp3) is 0.375. The van der Waals surface area contributed by atoms with E-state index in [1.165, 1.54) is 9.75 Å². The number of hydrogen-bond acceptors (Lipinski definition) is 4. The lowest BCUT2D eigenvalue weighted by atomic mass is 10.3. The molecule has 4 heteroatoms. The number of nitrogens with one attached hydrogen (secondary N) is 1. The molecule has 1 unspecified atom stereocenters. The topological polar surface area (TPSA) is 30.5 Å². The summed E-state index contributed by atoms with van der Waals surface area (Å²) in [6, 6.07) is 12.4. The summed E-state index contributed by atoms with van der Waals surface area (Å²) in [5.74, 6) is 1.71. The minimum absolute atomic E-state index is 0.369. The number of rotatable bonds is 7. The maximum absolute atomic E-state index is 5.68. The van der Waals surface area contributed by atoms with Gasteiger partial charge in [0.1, 0.15) is 18.1 Å². The molecule has 108 valence electrons. The van der Waals surface area contributed by atoms with E-state index in [1.54, 1.807) is 7.11 Å². The van der Waals surface area contributed by atoms with Crippen LogP contribution in [-0.4, -0.2) is 20.3 Å². The second-order valence-electron chi connectivity index (χ2n) is 4.65. The molecule has 0 spiro atoms. The molecule has 0 aliphatic carbocycles. The SMILES string of the molecule is COc1ccc(OCCNC(C)c2ccc(C)s2)cc1. The van der Waals surface area contributed by atoms with Crippen LogP contribution in [0.3, 0.4) is 0 Å². The summed E-state index contributed by atoms with van der Waals surface area (Å²) in [6.45, 7) is 5.79. The third-order valence-corrected chi connectivity index (χ3v) is 4.25. The molecule has 0 aliphatic rings. The Morgan fingerprint density at radius 1 is 1.10 bits per heavy atom. The maximum Gasteiger partial charge on any atom is 0.119 e. The van der Waals surface area contributed by atoms with E-state index < -0.39 is 0 Å². The predicted octanol–water partition coefficient (Wildman–Crippen LogP) is 3.79. The van der Waals surface area contributed by atoms with Crippen molar-refractivity contribution in [3.63, 3.8) is 0 Å². The molecule has 1 aromatic heterocycles. The Bertz CT molecular complexity index is 522. The number of hydrogen-bond donors (Lipinski definition) is 1. The van der Waals surface area contributed by atoms with Gasteiger partial charge in [-0.15, -0.1) is 11.3 Å². The first kappa shape index (κ1) is 14.9. The van der Waals surface area contributed by atoms with Gasteiger partial charge >= 0.3 is 0 Å². The third kappa shape index (κ3) is 4.25. The van der Waals surface area contributed by atoms with E-state index in [-0.39, 0.29) is 0 Å². The zero-order valence-corrected chi connectivity index (χ0v) is 13.0. The summed E-state index contributed by atoms with van der Waals surface area (Å²) < 4.78 is 10.8. The number of ether oxygens (including phenoxy) is 2. The van der Waals surface area contributed by atoms with Crippen molar-refractivity contribution >= 4 is 11.3 Å². The molecule has 0 aliphatic heterocycles. The highest BCUT2D eigenvalue weighted by molar-refractivity contribution is 7.12. The van der Waals surface area contributed by atoms with Crippen molar-refractivity contribution in [3.8, 4) is 11.5 Å². The molecule has 1 heterocycles. The van der Waals surface area contributed by atoms with Gasteiger partial charge in [-0.3, -0.25) is 0 Å². The minimum Gasteiger partial charge on any atom is -0.497 e. The van der Waals surface area contributed by atoms with Gasteiger partial charge in [-0.1, -0.05) is 0 Å². The molecule has 0 bridgehead atoms. The van der Waals surface area contributed by atoms with E-state index in [0.717, 1.165) is 18.0 Å². The lowest BCUT2D eigenvalue weighted by Gasteiger charge is -2.13. The van der Waals surface area contributed by atoms with Crippen LogP contribution in [0.25, 0.3) is 0 Å². The molecule has 2 aromatic rings. The highest BCUT2D eigenvalue weighted by Crippen LogP contribution is 2.22. The van der Waals surface area contributed by atoms with E-state index in [4.69, 9.17) is 9.47 Å². The van der Waals surface area contributed by atoms with Crippen molar-refractivity contribution in [3.05, 3.63) is 46.2 Å². The Kier molecular flexibility index (Phi) is 5.44. The quantitative estimate of drug-likeness (QED) is 0.787. The van der Waals surface area contributed by atoms with Crippen LogP contribution in [0.2, 0.25) is 0 Å². The van der Waals surface area contributed by atoms with E-state index in [9.17, 15) is 0 Å². The predicted molar refractivity (Wildman–Crippen MR) is 84.0 cm³/mol. The van der Waals surface area contributed by atoms with Crippen molar-refractivity contribution in [2.24, 2.45) is 0 Å². The smallest absolute Gasteiger partial charge is 0.119 e. The van der Waals surface area contributed by atoms with Gasteiger partial charge in [-0.25, -0.2) is 0 Å². The molecule has 1 N–H and O–H groups in total. The first-order valence-electron chi connectivity index (χ1n) is 6.75. The van der Waals surface area contributed by atoms with Gasteiger partial charge in [0, 0.05) is 22.3 Å². The number of aryl methyl sites for hydroxylation is 1. The Labute approximate surface area is 124 Å². The van der Waals surface area contributed by atoms with Crippen LogP contribution in [0.5, 0.6) is 11.5 Å². The molecule has 0 saturated carbocycles. The monoisotopic (exact) mass is 291 g/mol. The van der Waals surface area contributed by atoms with Crippen LogP contribution in [0, 0.1) is 6.92 Å². The van der Waals surface area contributed by atoms with Crippen LogP contribution in [-0.2, 0) is 0 Å². The summed E-state index contributed by atoms with van der Waals surface area (Å²) in [4.78, 5) is 2.72. The van der Waals surface area contributed by atoms with E-state index >= 15 is 0 Å². The molecule has 20 heavy (non-hydrogen) atoms. The highest BCUT2D eigenvalue weighted by atomic mass is 32.1. The first-order valence-corrected chi connectivity index (χ1v) is 7.57. The average molecular weight is 291 g/mol. The molecule has 0 saturated heterocycles. The molecule has 1 atom stereocenters. The standard InChI is InChI=1S/C16H21NO2S/c1-12-4-9-16(20-12)13(2)17-10-11-19-15-7-5-14(18-3)6-8-15/h4-9,13,17H,10-11H2,1-3H3. The Balaban J connectivity index is 1.70. The lowest BCUT2D eigenvalue weighted by molar-refractivity contribution is 0.307. The zero-order valence-electron chi connectivity index (χ0n) is 12.2. The van der Waals surface area contributed by atoms with Gasteiger partial charge in [-0.2, -0.15) is 0 Å². The van der Waals surface area contributed by atoms with Crippen molar-refractivity contribution in [2.75, 3.05) is 20.3 Å². The van der Waals surface area contributed by atoms with Crippen molar-refractivity contribution < 1.29 is 9.47 Å². The third-order valence-electron chi connectivity index (χ3n) is 3.07. The van der Waals surface area contributed by atoms with Gasteiger partial charge in [-0.05, 0) is 50.2 Å². The normalized spacial score (nSPS) is 12.2. The fourth-order valence-corrected chi connectivity index (χ4v) is 2.81. The van der Waals surface area contributed by atoms with Gasteiger partial charge in [0.25, 0.3) is 0 Å². The van der Waals surface area contributed by atoms with E-state index in [2.05, 4.69) is 31.3 Å². The molecule has 2 rings (SSSR count). The summed E-state index contributed by atoms with van der Waals surface area (Å²) in [5.41, 5.74) is 0. The van der Waals surface area contributed by atoms with Crippen LogP contribution >= 0.6 is 11.3 Å². The van der Waals surface area contributed by atoms with Crippen molar-refractivity contribution in [1.29, 1.82) is 0 Å². The van der Waals surface area contributed by atoms with Gasteiger partial charge in [0.05, 0.1) is 7.11 Å². The number of methoxy groups -OCH3 is 1. The molecule has 0 fully saturated rings. The second kappa shape index (κ2) is 7.31. The molecule has 3 nitrogen and oxygen atoms in total. The molecular weight excluding hydrogens is 270 g/mol. The Morgan fingerprint density at radius 3 is 2.40 bits per heavy atom. The number of benzene rings is 1. The Morgan fingerprint density at radius 2 is 1.80 bits per heavy atom. The zero-order chi connectivity index (χ0) is 14.4.